The lowest BCUT2D eigenvalue weighted by Gasteiger charge is -2.03. The van der Waals surface area contributed by atoms with Crippen LogP contribution in [0.3, 0.4) is 0 Å². The molecule has 1 N–H and O–H groups in total. The maximum absolute atomic E-state index is 13.5. The molecule has 0 aliphatic carbocycles. The number of anilines is 1. The second kappa shape index (κ2) is 8.23. The van der Waals surface area contributed by atoms with Crippen molar-refractivity contribution < 1.29 is 18.5 Å². The van der Waals surface area contributed by atoms with Crippen LogP contribution in [0.1, 0.15) is 0 Å². The minimum Gasteiger partial charge on any atom is -0.301 e. The highest BCUT2D eigenvalue weighted by Gasteiger charge is 2.13. The van der Waals surface area contributed by atoms with Gasteiger partial charge in [-0.3, -0.25) is 14.9 Å². The smallest absolute Gasteiger partial charge is 0.270 e. The van der Waals surface area contributed by atoms with Gasteiger partial charge in [0.2, 0.25) is 5.91 Å². The number of thiazole rings is 1. The van der Waals surface area contributed by atoms with Gasteiger partial charge in [-0.05, 0) is 18.2 Å². The summed E-state index contributed by atoms with van der Waals surface area (Å²) in [6.07, 6.45) is 0. The second-order valence-corrected chi connectivity index (χ2v) is 7.13. The molecular weight excluding hydrogens is 396 g/mol. The molecule has 0 aliphatic rings. The summed E-state index contributed by atoms with van der Waals surface area (Å²) >= 11 is 2.03. The first-order chi connectivity index (χ1) is 12.9. The highest BCUT2D eigenvalue weighted by atomic mass is 32.2. The van der Waals surface area contributed by atoms with Crippen LogP contribution in [0.2, 0.25) is 0 Å². The molecule has 0 atom stereocenters. The van der Waals surface area contributed by atoms with Crippen molar-refractivity contribution in [2.75, 3.05) is 11.1 Å². The molecular formula is C17H11F2N3O3S2. The molecule has 0 saturated heterocycles. The lowest BCUT2D eigenvalue weighted by atomic mass is 10.1. The van der Waals surface area contributed by atoms with E-state index in [9.17, 15) is 23.7 Å². The van der Waals surface area contributed by atoms with Crippen LogP contribution in [-0.4, -0.2) is 21.6 Å². The van der Waals surface area contributed by atoms with Crippen molar-refractivity contribution in [3.8, 4) is 11.3 Å². The Morgan fingerprint density at radius 1 is 1.26 bits per heavy atom. The van der Waals surface area contributed by atoms with Crippen LogP contribution in [0.4, 0.5) is 19.6 Å². The number of nitro groups is 1. The van der Waals surface area contributed by atoms with Crippen molar-refractivity contribution in [2.45, 2.75) is 4.90 Å². The Labute approximate surface area is 160 Å². The van der Waals surface area contributed by atoms with E-state index in [1.807, 2.05) is 0 Å². The molecule has 10 heteroatoms. The molecule has 138 valence electrons. The number of aromatic nitrogens is 1. The summed E-state index contributed by atoms with van der Waals surface area (Å²) < 4.78 is 26.7. The number of rotatable bonds is 6. The molecule has 0 bridgehead atoms. The molecule has 0 aliphatic heterocycles. The Kier molecular flexibility index (Phi) is 5.77. The van der Waals surface area contributed by atoms with Gasteiger partial charge in [-0.1, -0.05) is 12.1 Å². The van der Waals surface area contributed by atoms with Gasteiger partial charge in [-0.25, -0.2) is 13.8 Å². The minimum atomic E-state index is -0.601. The van der Waals surface area contributed by atoms with Crippen molar-refractivity contribution in [1.82, 2.24) is 4.98 Å². The van der Waals surface area contributed by atoms with E-state index in [0.717, 1.165) is 41.3 Å². The number of nitro benzene ring substituents is 1. The number of non-ortho nitro benzene ring substituents is 1. The van der Waals surface area contributed by atoms with Crippen molar-refractivity contribution in [1.29, 1.82) is 0 Å². The number of hydrogen-bond acceptors (Lipinski definition) is 6. The number of nitrogens with zero attached hydrogens (tertiary/aromatic N) is 2. The zero-order valence-electron chi connectivity index (χ0n) is 13.5. The Morgan fingerprint density at radius 3 is 2.85 bits per heavy atom. The van der Waals surface area contributed by atoms with Crippen molar-refractivity contribution in [3.05, 3.63) is 69.6 Å². The molecule has 0 saturated carbocycles. The molecule has 6 nitrogen and oxygen atoms in total. The van der Waals surface area contributed by atoms with E-state index in [1.54, 1.807) is 17.5 Å². The van der Waals surface area contributed by atoms with Crippen LogP contribution < -0.4 is 5.32 Å². The first kappa shape index (κ1) is 18.9. The van der Waals surface area contributed by atoms with Crippen molar-refractivity contribution >= 4 is 39.8 Å². The second-order valence-electron chi connectivity index (χ2n) is 5.26. The Bertz CT molecular complexity index is 1010. The van der Waals surface area contributed by atoms with Crippen molar-refractivity contribution in [3.63, 3.8) is 0 Å². The lowest BCUT2D eigenvalue weighted by molar-refractivity contribution is -0.384. The van der Waals surface area contributed by atoms with Crippen LogP contribution in [-0.2, 0) is 4.79 Å². The summed E-state index contributed by atoms with van der Waals surface area (Å²) in [6.45, 7) is 0. The molecule has 0 spiro atoms. The maximum atomic E-state index is 13.5. The predicted octanol–water partition coefficient (Wildman–Crippen LogP) is 4.73. The molecule has 0 fully saturated rings. The molecule has 2 aromatic carbocycles. The number of carbonyl (C=O) groups is 1. The van der Waals surface area contributed by atoms with Gasteiger partial charge in [0.25, 0.3) is 5.69 Å². The zero-order chi connectivity index (χ0) is 19.4. The largest absolute Gasteiger partial charge is 0.301 e. The van der Waals surface area contributed by atoms with Crippen molar-refractivity contribution in [2.24, 2.45) is 0 Å². The summed E-state index contributed by atoms with van der Waals surface area (Å²) in [5.74, 6) is -1.73. The van der Waals surface area contributed by atoms with E-state index < -0.39 is 22.5 Å². The molecule has 3 aromatic rings. The number of halogens is 2. The molecule has 1 amide bonds. The van der Waals surface area contributed by atoms with Crippen LogP contribution in [0, 0.1) is 21.7 Å². The van der Waals surface area contributed by atoms with Crippen LogP contribution in [0.15, 0.2) is 52.7 Å². The summed E-state index contributed by atoms with van der Waals surface area (Å²) in [5.41, 5.74) is 0.986. The quantitative estimate of drug-likeness (QED) is 0.363. The summed E-state index contributed by atoms with van der Waals surface area (Å²) in [4.78, 5) is 26.6. The molecule has 0 radical (unpaired) electrons. The predicted molar refractivity (Wildman–Crippen MR) is 99.9 cm³/mol. The number of nitrogens with one attached hydrogen (secondary N) is 1. The fraction of sp³-hybridized carbons (Fsp3) is 0.0588. The zero-order valence-corrected chi connectivity index (χ0v) is 15.2. The maximum Gasteiger partial charge on any atom is 0.270 e. The van der Waals surface area contributed by atoms with Gasteiger partial charge in [0.15, 0.2) is 5.13 Å². The number of hydrogen-bond donors (Lipinski definition) is 1. The van der Waals surface area contributed by atoms with E-state index in [2.05, 4.69) is 10.3 Å². The fourth-order valence-corrected chi connectivity index (χ4v) is 3.63. The summed E-state index contributed by atoms with van der Waals surface area (Å²) in [7, 11) is 0. The topological polar surface area (TPSA) is 85.1 Å². The third-order valence-corrected chi connectivity index (χ3v) is 5.14. The van der Waals surface area contributed by atoms with Gasteiger partial charge < -0.3 is 5.32 Å². The van der Waals surface area contributed by atoms with E-state index in [-0.39, 0.29) is 16.3 Å². The Balaban J connectivity index is 1.63. The van der Waals surface area contributed by atoms with Crippen LogP contribution >= 0.6 is 23.1 Å². The van der Waals surface area contributed by atoms with Crippen LogP contribution in [0.25, 0.3) is 11.3 Å². The first-order valence-electron chi connectivity index (χ1n) is 7.50. The molecule has 27 heavy (non-hydrogen) atoms. The third-order valence-electron chi connectivity index (χ3n) is 3.36. The Morgan fingerprint density at radius 2 is 2.07 bits per heavy atom. The lowest BCUT2D eigenvalue weighted by Crippen LogP contribution is -2.13. The number of carbonyl (C=O) groups excluding carboxylic acids is 1. The molecule has 1 aromatic heterocycles. The van der Waals surface area contributed by atoms with E-state index >= 15 is 0 Å². The highest BCUT2D eigenvalue weighted by molar-refractivity contribution is 8.00. The van der Waals surface area contributed by atoms with E-state index in [1.165, 1.54) is 12.1 Å². The first-order valence-corrected chi connectivity index (χ1v) is 9.37. The molecule has 3 rings (SSSR count). The van der Waals surface area contributed by atoms with Gasteiger partial charge in [0.05, 0.1) is 16.4 Å². The summed E-state index contributed by atoms with van der Waals surface area (Å²) in [6, 6.07) is 9.03. The van der Waals surface area contributed by atoms with Gasteiger partial charge in [0.1, 0.15) is 11.6 Å². The fourth-order valence-electron chi connectivity index (χ4n) is 2.13. The highest BCUT2D eigenvalue weighted by Crippen LogP contribution is 2.28. The normalized spacial score (nSPS) is 10.6. The number of thioether (sulfide) groups is 1. The summed E-state index contributed by atoms with van der Waals surface area (Å²) in [5, 5.41) is 15.4. The SMILES string of the molecule is O=C(CSc1cc(F)ccc1F)Nc1nc(-c2cccc([N+](=O)[O-])c2)cs1. The van der Waals surface area contributed by atoms with Gasteiger partial charge in [-0.15, -0.1) is 23.1 Å². The third kappa shape index (κ3) is 4.86. The van der Waals surface area contributed by atoms with E-state index in [0.29, 0.717) is 16.4 Å². The van der Waals surface area contributed by atoms with Gasteiger partial charge in [-0.2, -0.15) is 0 Å². The minimum absolute atomic E-state index is 0.0431. The van der Waals surface area contributed by atoms with Gasteiger partial charge >= 0.3 is 0 Å². The average molecular weight is 407 g/mol. The number of benzene rings is 2. The standard InChI is InChI=1S/C17H11F2N3O3S2/c18-11-4-5-13(19)15(7-11)26-9-16(23)21-17-20-14(8-27-17)10-2-1-3-12(6-10)22(24)25/h1-8H,9H2,(H,20,21,23). The van der Waals surface area contributed by atoms with Gasteiger partial charge in [0, 0.05) is 28.0 Å². The average Bonchev–Trinajstić information content (AvgIpc) is 3.11. The molecule has 0 unspecified atom stereocenters. The van der Waals surface area contributed by atoms with Crippen LogP contribution in [0.5, 0.6) is 0 Å². The number of amides is 1. The monoisotopic (exact) mass is 407 g/mol. The Hall–Kier alpha value is -2.85. The molecule has 1 heterocycles. The van der Waals surface area contributed by atoms with E-state index in [4.69, 9.17) is 0 Å².